The Balaban J connectivity index is 3.38. The van der Waals surface area contributed by atoms with Crippen molar-refractivity contribution in [2.75, 3.05) is 6.16 Å². The Morgan fingerprint density at radius 3 is 1.85 bits per heavy atom. The fraction of sp³-hybridized carbons (Fsp3) is 0.588. The lowest BCUT2D eigenvalue weighted by atomic mass is 10.0. The molecule has 1 aromatic rings. The highest BCUT2D eigenvalue weighted by molar-refractivity contribution is 7.81. The van der Waals surface area contributed by atoms with Crippen molar-refractivity contribution in [2.45, 2.75) is 54.1 Å². The van der Waals surface area contributed by atoms with Gasteiger partial charge in [0, 0.05) is 17.4 Å². The Morgan fingerprint density at radius 1 is 1.05 bits per heavy atom. The first-order valence-corrected chi connectivity index (χ1v) is 9.27. The molecule has 0 amide bonds. The van der Waals surface area contributed by atoms with Gasteiger partial charge >= 0.3 is 0 Å². The van der Waals surface area contributed by atoms with Crippen molar-refractivity contribution in [3.05, 3.63) is 34.4 Å². The SMILES string of the molecule is Cc1cc(C)c(C(=O)P(=O)(CC(C)C)C(C)C)c(C)c1. The monoisotopic (exact) mass is 294 g/mol. The van der Waals surface area contributed by atoms with Crippen molar-refractivity contribution in [3.8, 4) is 0 Å². The average Bonchev–Trinajstić information content (AvgIpc) is 2.25. The van der Waals surface area contributed by atoms with Gasteiger partial charge in [-0.3, -0.25) is 4.79 Å². The van der Waals surface area contributed by atoms with E-state index in [0.29, 0.717) is 11.7 Å². The lowest BCUT2D eigenvalue weighted by Gasteiger charge is -2.24. The third-order valence-corrected chi connectivity index (χ3v) is 7.56. The van der Waals surface area contributed by atoms with Crippen LogP contribution in [0.1, 0.15) is 54.7 Å². The first kappa shape index (κ1) is 17.2. The van der Waals surface area contributed by atoms with E-state index in [0.717, 1.165) is 16.7 Å². The van der Waals surface area contributed by atoms with Gasteiger partial charge in [0.15, 0.2) is 7.14 Å². The van der Waals surface area contributed by atoms with E-state index < -0.39 is 7.14 Å². The molecule has 0 aliphatic carbocycles. The number of carbonyl (C=O) groups is 1. The molecule has 0 radical (unpaired) electrons. The summed E-state index contributed by atoms with van der Waals surface area (Å²) in [7, 11) is -2.87. The van der Waals surface area contributed by atoms with Gasteiger partial charge in [0.2, 0.25) is 5.52 Å². The molecule has 0 heterocycles. The van der Waals surface area contributed by atoms with Crippen LogP contribution in [0.25, 0.3) is 0 Å². The summed E-state index contributed by atoms with van der Waals surface area (Å²) >= 11 is 0. The highest BCUT2D eigenvalue weighted by atomic mass is 31.2. The molecule has 3 heteroatoms. The van der Waals surface area contributed by atoms with E-state index in [4.69, 9.17) is 0 Å². The van der Waals surface area contributed by atoms with Crippen LogP contribution in [0.4, 0.5) is 0 Å². The predicted molar refractivity (Wildman–Crippen MR) is 87.4 cm³/mol. The summed E-state index contributed by atoms with van der Waals surface area (Å²) in [5, 5.41) is 0. The van der Waals surface area contributed by atoms with Gasteiger partial charge in [-0.05, 0) is 37.8 Å². The molecule has 0 saturated heterocycles. The minimum atomic E-state index is -2.87. The minimum Gasteiger partial charge on any atom is -0.315 e. The van der Waals surface area contributed by atoms with Gasteiger partial charge in [-0.15, -0.1) is 0 Å². The molecule has 112 valence electrons. The predicted octanol–water partition coefficient (Wildman–Crippen LogP) is 5.18. The zero-order valence-electron chi connectivity index (χ0n) is 13.8. The summed E-state index contributed by atoms with van der Waals surface area (Å²) in [5.41, 5.74) is 3.47. The Bertz CT molecular complexity index is 533. The van der Waals surface area contributed by atoms with Crippen LogP contribution in [-0.2, 0) is 4.57 Å². The highest BCUT2D eigenvalue weighted by Gasteiger charge is 2.37. The fourth-order valence-electron chi connectivity index (χ4n) is 2.78. The van der Waals surface area contributed by atoms with Crippen molar-refractivity contribution in [3.63, 3.8) is 0 Å². The van der Waals surface area contributed by atoms with Crippen molar-refractivity contribution in [1.82, 2.24) is 0 Å². The van der Waals surface area contributed by atoms with Crippen LogP contribution in [0.5, 0.6) is 0 Å². The maximum atomic E-state index is 13.3. The van der Waals surface area contributed by atoms with Gasteiger partial charge < -0.3 is 4.57 Å². The maximum Gasteiger partial charge on any atom is 0.222 e. The van der Waals surface area contributed by atoms with E-state index in [2.05, 4.69) is 0 Å². The summed E-state index contributed by atoms with van der Waals surface area (Å²) in [4.78, 5) is 12.9. The molecule has 0 spiro atoms. The molecule has 0 aromatic heterocycles. The van der Waals surface area contributed by atoms with Crippen LogP contribution in [0, 0.1) is 26.7 Å². The quantitative estimate of drug-likeness (QED) is 0.701. The highest BCUT2D eigenvalue weighted by Crippen LogP contribution is 2.55. The standard InChI is InChI=1S/C17H27O2P/c1-11(2)10-20(19,12(3)4)17(18)16-14(6)8-13(5)9-15(16)7/h8-9,11-12H,10H2,1-7H3. The summed E-state index contributed by atoms with van der Waals surface area (Å²) in [6, 6.07) is 4.00. The van der Waals surface area contributed by atoms with E-state index in [-0.39, 0.29) is 17.1 Å². The van der Waals surface area contributed by atoms with Crippen molar-refractivity contribution < 1.29 is 9.36 Å². The second-order valence-electron chi connectivity index (χ2n) is 6.54. The molecule has 1 aromatic carbocycles. The molecule has 0 saturated carbocycles. The van der Waals surface area contributed by atoms with Crippen molar-refractivity contribution in [2.24, 2.45) is 5.92 Å². The van der Waals surface area contributed by atoms with Crippen LogP contribution in [0.15, 0.2) is 12.1 Å². The number of benzene rings is 1. The van der Waals surface area contributed by atoms with Gasteiger partial charge in [0.25, 0.3) is 0 Å². The molecular weight excluding hydrogens is 267 g/mol. The summed E-state index contributed by atoms with van der Waals surface area (Å²) in [6.07, 6.45) is 0.496. The Morgan fingerprint density at radius 2 is 1.50 bits per heavy atom. The molecule has 2 nitrogen and oxygen atoms in total. The molecule has 0 bridgehead atoms. The Labute approximate surface area is 123 Å². The van der Waals surface area contributed by atoms with Gasteiger partial charge in [-0.1, -0.05) is 45.4 Å². The molecule has 0 aliphatic rings. The van der Waals surface area contributed by atoms with Crippen LogP contribution in [0.3, 0.4) is 0 Å². The Kier molecular flexibility index (Phi) is 5.38. The smallest absolute Gasteiger partial charge is 0.222 e. The molecule has 20 heavy (non-hydrogen) atoms. The molecule has 1 atom stereocenters. The normalized spacial score (nSPS) is 14.7. The number of carbonyl (C=O) groups excluding carboxylic acids is 1. The number of aryl methyl sites for hydroxylation is 3. The van der Waals surface area contributed by atoms with Crippen molar-refractivity contribution >= 4 is 12.7 Å². The molecule has 1 rings (SSSR count). The van der Waals surface area contributed by atoms with E-state index >= 15 is 0 Å². The maximum absolute atomic E-state index is 13.3. The second-order valence-corrected chi connectivity index (χ2v) is 9.94. The molecule has 1 unspecified atom stereocenters. The van der Waals surface area contributed by atoms with Crippen molar-refractivity contribution in [1.29, 1.82) is 0 Å². The van der Waals surface area contributed by atoms with Crippen LogP contribution < -0.4 is 0 Å². The number of rotatable bonds is 5. The van der Waals surface area contributed by atoms with Gasteiger partial charge in [0.05, 0.1) is 0 Å². The molecule has 0 N–H and O–H groups in total. The molecular formula is C17H27O2P. The van der Waals surface area contributed by atoms with E-state index in [1.165, 1.54) is 0 Å². The average molecular weight is 294 g/mol. The summed E-state index contributed by atoms with van der Waals surface area (Å²) in [6.45, 7) is 13.7. The van der Waals surface area contributed by atoms with E-state index in [9.17, 15) is 9.36 Å². The fourth-order valence-corrected chi connectivity index (χ4v) is 5.65. The summed E-state index contributed by atoms with van der Waals surface area (Å²) < 4.78 is 13.3. The second kappa shape index (κ2) is 6.26. The topological polar surface area (TPSA) is 34.1 Å². The zero-order chi connectivity index (χ0) is 15.7. The van der Waals surface area contributed by atoms with Crippen LogP contribution in [0.2, 0.25) is 0 Å². The summed E-state index contributed by atoms with van der Waals surface area (Å²) in [5.74, 6) is 0.262. The first-order valence-electron chi connectivity index (χ1n) is 7.31. The lowest BCUT2D eigenvalue weighted by molar-refractivity contribution is 0.107. The molecule has 0 aliphatic heterocycles. The van der Waals surface area contributed by atoms with E-state index in [1.54, 1.807) is 0 Å². The van der Waals surface area contributed by atoms with Gasteiger partial charge in [-0.2, -0.15) is 0 Å². The van der Waals surface area contributed by atoms with Gasteiger partial charge in [-0.25, -0.2) is 0 Å². The van der Waals surface area contributed by atoms with E-state index in [1.807, 2.05) is 60.6 Å². The first-order chi connectivity index (χ1) is 9.09. The van der Waals surface area contributed by atoms with Crippen LogP contribution in [-0.4, -0.2) is 17.3 Å². The number of hydrogen-bond donors (Lipinski definition) is 0. The van der Waals surface area contributed by atoms with Crippen LogP contribution >= 0.6 is 7.14 Å². The Hall–Kier alpha value is -0.880. The zero-order valence-corrected chi connectivity index (χ0v) is 14.7. The number of hydrogen-bond acceptors (Lipinski definition) is 2. The minimum absolute atomic E-state index is 0.0995. The third-order valence-electron chi connectivity index (χ3n) is 3.71. The van der Waals surface area contributed by atoms with Gasteiger partial charge in [0.1, 0.15) is 0 Å². The molecule has 0 fully saturated rings. The third kappa shape index (κ3) is 3.41. The largest absolute Gasteiger partial charge is 0.315 e. The lowest BCUT2D eigenvalue weighted by Crippen LogP contribution is -2.17.